The second kappa shape index (κ2) is 6.43. The Labute approximate surface area is 132 Å². The van der Waals surface area contributed by atoms with Gasteiger partial charge in [-0.2, -0.15) is 0 Å². The Bertz CT molecular complexity index is 470. The van der Waals surface area contributed by atoms with E-state index in [2.05, 4.69) is 20.4 Å². The predicted octanol–water partition coefficient (Wildman–Crippen LogP) is 3.95. The van der Waals surface area contributed by atoms with Crippen molar-refractivity contribution >= 4 is 11.9 Å². The van der Waals surface area contributed by atoms with Gasteiger partial charge >= 0.3 is 11.9 Å². The molecule has 2 rings (SSSR count). The number of rotatable bonds is 5. The summed E-state index contributed by atoms with van der Waals surface area (Å²) in [6.07, 6.45) is 6.54. The minimum Gasteiger partial charge on any atom is -0.481 e. The first kappa shape index (κ1) is 17.0. The molecule has 124 valence electrons. The van der Waals surface area contributed by atoms with Gasteiger partial charge in [-0.1, -0.05) is 32.4 Å². The summed E-state index contributed by atoms with van der Waals surface area (Å²) >= 11 is 0. The Morgan fingerprint density at radius 1 is 1.32 bits per heavy atom. The SMILES string of the molecule is C=C1CCC2[C@](C)(COC(=O)CCC(=O)O)CCC[C@@]2(C)C1. The quantitative estimate of drug-likeness (QED) is 0.617. The van der Waals surface area contributed by atoms with E-state index in [0.717, 1.165) is 32.1 Å². The highest BCUT2D eigenvalue weighted by molar-refractivity contribution is 5.76. The number of allylic oxidation sites excluding steroid dienone is 1. The standard InChI is InChI=1S/C18H28O4/c1-13-5-6-14-17(2,11-13)9-4-10-18(14,3)12-22-16(21)8-7-15(19)20/h14H,1,4-12H2,2-3H3,(H,19,20)/t14?,17-,18-/m0/s1. The molecule has 0 heterocycles. The van der Waals surface area contributed by atoms with Crippen molar-refractivity contribution in [2.24, 2.45) is 16.7 Å². The maximum atomic E-state index is 11.7. The zero-order valence-corrected chi connectivity index (χ0v) is 13.8. The summed E-state index contributed by atoms with van der Waals surface area (Å²) < 4.78 is 5.43. The average molecular weight is 308 g/mol. The summed E-state index contributed by atoms with van der Waals surface area (Å²) in [7, 11) is 0. The molecule has 0 bridgehead atoms. The zero-order valence-electron chi connectivity index (χ0n) is 13.8. The molecule has 0 saturated heterocycles. The number of hydrogen-bond donors (Lipinski definition) is 1. The maximum absolute atomic E-state index is 11.7. The lowest BCUT2D eigenvalue weighted by Gasteiger charge is -2.55. The van der Waals surface area contributed by atoms with E-state index >= 15 is 0 Å². The molecule has 4 heteroatoms. The average Bonchev–Trinajstić information content (AvgIpc) is 2.42. The molecular formula is C18H28O4. The van der Waals surface area contributed by atoms with Gasteiger partial charge in [0.25, 0.3) is 0 Å². The lowest BCUT2D eigenvalue weighted by Crippen LogP contribution is -2.48. The van der Waals surface area contributed by atoms with E-state index in [1.165, 1.54) is 12.0 Å². The number of carboxylic acid groups (broad SMARTS) is 1. The fourth-order valence-corrected chi connectivity index (χ4v) is 4.70. The summed E-state index contributed by atoms with van der Waals surface area (Å²) in [6, 6.07) is 0. The molecule has 0 amide bonds. The Hall–Kier alpha value is -1.32. The van der Waals surface area contributed by atoms with Gasteiger partial charge in [0.05, 0.1) is 19.4 Å². The summed E-state index contributed by atoms with van der Waals surface area (Å²) in [4.78, 5) is 22.2. The van der Waals surface area contributed by atoms with Crippen molar-refractivity contribution in [3.63, 3.8) is 0 Å². The van der Waals surface area contributed by atoms with Crippen LogP contribution in [0, 0.1) is 16.7 Å². The van der Waals surface area contributed by atoms with Gasteiger partial charge in [-0.3, -0.25) is 9.59 Å². The van der Waals surface area contributed by atoms with Crippen molar-refractivity contribution in [2.45, 2.75) is 65.2 Å². The summed E-state index contributed by atoms with van der Waals surface area (Å²) in [5, 5.41) is 8.63. The highest BCUT2D eigenvalue weighted by Crippen LogP contribution is 2.58. The number of ether oxygens (including phenoxy) is 1. The molecule has 0 radical (unpaired) electrons. The lowest BCUT2D eigenvalue weighted by atomic mass is 9.51. The molecule has 22 heavy (non-hydrogen) atoms. The number of aliphatic carboxylic acids is 1. The van der Waals surface area contributed by atoms with Crippen LogP contribution in [0.2, 0.25) is 0 Å². The molecule has 0 spiro atoms. The fraction of sp³-hybridized carbons (Fsp3) is 0.778. The first-order valence-corrected chi connectivity index (χ1v) is 8.29. The molecule has 2 aliphatic rings. The number of esters is 1. The highest BCUT2D eigenvalue weighted by Gasteiger charge is 2.50. The Kier molecular flexibility index (Phi) is 4.98. The van der Waals surface area contributed by atoms with Crippen LogP contribution in [0.1, 0.15) is 65.2 Å². The number of fused-ring (bicyclic) bond motifs is 1. The van der Waals surface area contributed by atoms with E-state index in [1.54, 1.807) is 0 Å². The van der Waals surface area contributed by atoms with Crippen LogP contribution >= 0.6 is 0 Å². The molecule has 2 fully saturated rings. The molecule has 1 N–H and O–H groups in total. The van der Waals surface area contributed by atoms with E-state index in [0.29, 0.717) is 12.5 Å². The molecule has 4 nitrogen and oxygen atoms in total. The van der Waals surface area contributed by atoms with Crippen molar-refractivity contribution in [3.8, 4) is 0 Å². The normalized spacial score (nSPS) is 34.8. The van der Waals surface area contributed by atoms with E-state index < -0.39 is 11.9 Å². The summed E-state index contributed by atoms with van der Waals surface area (Å²) in [6.45, 7) is 9.17. The maximum Gasteiger partial charge on any atom is 0.306 e. The van der Waals surface area contributed by atoms with E-state index in [-0.39, 0.29) is 23.7 Å². The number of hydrogen-bond acceptors (Lipinski definition) is 3. The first-order valence-electron chi connectivity index (χ1n) is 8.29. The van der Waals surface area contributed by atoms with Crippen molar-refractivity contribution in [3.05, 3.63) is 12.2 Å². The summed E-state index contributed by atoms with van der Waals surface area (Å²) in [5.41, 5.74) is 1.63. The van der Waals surface area contributed by atoms with Crippen LogP contribution < -0.4 is 0 Å². The predicted molar refractivity (Wildman–Crippen MR) is 84.4 cm³/mol. The van der Waals surface area contributed by atoms with Gasteiger partial charge in [0.2, 0.25) is 0 Å². The lowest BCUT2D eigenvalue weighted by molar-refractivity contribution is -0.155. The molecule has 3 atom stereocenters. The number of carbonyl (C=O) groups excluding carboxylic acids is 1. The molecule has 0 aromatic rings. The highest BCUT2D eigenvalue weighted by atomic mass is 16.5. The van der Waals surface area contributed by atoms with Crippen LogP contribution in [0.3, 0.4) is 0 Å². The largest absolute Gasteiger partial charge is 0.481 e. The monoisotopic (exact) mass is 308 g/mol. The van der Waals surface area contributed by atoms with Gasteiger partial charge in [0.15, 0.2) is 0 Å². The summed E-state index contributed by atoms with van der Waals surface area (Å²) in [5.74, 6) is -0.804. The van der Waals surface area contributed by atoms with Gasteiger partial charge in [0, 0.05) is 5.41 Å². The van der Waals surface area contributed by atoms with Crippen LogP contribution in [-0.2, 0) is 14.3 Å². The van der Waals surface area contributed by atoms with Crippen LogP contribution in [0.4, 0.5) is 0 Å². The van der Waals surface area contributed by atoms with Gasteiger partial charge in [0.1, 0.15) is 0 Å². The van der Waals surface area contributed by atoms with Gasteiger partial charge in [-0.25, -0.2) is 0 Å². The minimum absolute atomic E-state index is 0.00653. The van der Waals surface area contributed by atoms with Crippen molar-refractivity contribution < 1.29 is 19.4 Å². The second-order valence-corrected chi connectivity index (χ2v) is 7.73. The number of carboxylic acids is 1. The minimum atomic E-state index is -0.959. The molecule has 0 aliphatic heterocycles. The molecule has 0 aromatic carbocycles. The van der Waals surface area contributed by atoms with Gasteiger partial charge in [-0.05, 0) is 43.4 Å². The third-order valence-corrected chi connectivity index (χ3v) is 5.72. The van der Waals surface area contributed by atoms with E-state index in [1.807, 2.05) is 0 Å². The smallest absolute Gasteiger partial charge is 0.306 e. The molecular weight excluding hydrogens is 280 g/mol. The Morgan fingerprint density at radius 3 is 2.73 bits per heavy atom. The fourth-order valence-electron chi connectivity index (χ4n) is 4.70. The third kappa shape index (κ3) is 3.71. The van der Waals surface area contributed by atoms with Crippen molar-refractivity contribution in [1.29, 1.82) is 0 Å². The van der Waals surface area contributed by atoms with Crippen molar-refractivity contribution in [1.82, 2.24) is 0 Å². The van der Waals surface area contributed by atoms with Crippen molar-refractivity contribution in [2.75, 3.05) is 6.61 Å². The topological polar surface area (TPSA) is 63.6 Å². The van der Waals surface area contributed by atoms with Crippen LogP contribution in [-0.4, -0.2) is 23.7 Å². The van der Waals surface area contributed by atoms with Gasteiger partial charge < -0.3 is 9.84 Å². The van der Waals surface area contributed by atoms with Crippen LogP contribution in [0.15, 0.2) is 12.2 Å². The van der Waals surface area contributed by atoms with Gasteiger partial charge in [-0.15, -0.1) is 0 Å². The Balaban J connectivity index is 1.97. The zero-order chi connectivity index (χ0) is 16.4. The molecule has 1 unspecified atom stereocenters. The van der Waals surface area contributed by atoms with E-state index in [4.69, 9.17) is 9.84 Å². The molecule has 2 saturated carbocycles. The second-order valence-electron chi connectivity index (χ2n) is 7.73. The molecule has 2 aliphatic carbocycles. The van der Waals surface area contributed by atoms with Crippen LogP contribution in [0.25, 0.3) is 0 Å². The Morgan fingerprint density at radius 2 is 2.05 bits per heavy atom. The van der Waals surface area contributed by atoms with Crippen LogP contribution in [0.5, 0.6) is 0 Å². The third-order valence-electron chi connectivity index (χ3n) is 5.72. The number of carbonyl (C=O) groups is 2. The van der Waals surface area contributed by atoms with E-state index in [9.17, 15) is 9.59 Å². The first-order chi connectivity index (χ1) is 10.3. The molecule has 0 aromatic heterocycles.